The number of carbonyl (C=O) groups is 3. The first kappa shape index (κ1) is 11.4. The fraction of sp³-hybridized carbons (Fsp3) is 0.667. The van der Waals surface area contributed by atoms with Crippen LogP contribution in [0.5, 0.6) is 0 Å². The van der Waals surface area contributed by atoms with E-state index in [9.17, 15) is 14.4 Å². The van der Waals surface area contributed by atoms with Crippen LogP contribution in [0.25, 0.3) is 0 Å². The third kappa shape index (κ3) is 2.05. The molecule has 7 heteroatoms. The maximum atomic E-state index is 12.0. The van der Waals surface area contributed by atoms with Crippen molar-refractivity contribution in [3.05, 3.63) is 0 Å². The van der Waals surface area contributed by atoms with E-state index in [4.69, 9.17) is 0 Å². The van der Waals surface area contributed by atoms with Crippen LogP contribution in [0.4, 0.5) is 0 Å². The van der Waals surface area contributed by atoms with Gasteiger partial charge in [-0.3, -0.25) is 25.0 Å². The molecule has 2 aliphatic heterocycles. The summed E-state index contributed by atoms with van der Waals surface area (Å²) in [7, 11) is 0. The summed E-state index contributed by atoms with van der Waals surface area (Å²) in [5.74, 6) is 0.439. The van der Waals surface area contributed by atoms with Crippen LogP contribution < -0.4 is 10.6 Å². The van der Waals surface area contributed by atoms with E-state index in [2.05, 4.69) is 10.6 Å². The number of imide groups is 1. The zero-order valence-corrected chi connectivity index (χ0v) is 9.67. The van der Waals surface area contributed by atoms with E-state index in [1.807, 2.05) is 0 Å². The maximum Gasteiger partial charge on any atom is 0.249 e. The average Bonchev–Trinajstić information content (AvgIpc) is 2.75. The highest BCUT2D eigenvalue weighted by molar-refractivity contribution is 7.99. The summed E-state index contributed by atoms with van der Waals surface area (Å²) >= 11 is 1.63. The van der Waals surface area contributed by atoms with Crippen LogP contribution in [-0.4, -0.2) is 52.9 Å². The van der Waals surface area contributed by atoms with Gasteiger partial charge in [-0.05, 0) is 6.92 Å². The van der Waals surface area contributed by atoms with Crippen LogP contribution >= 0.6 is 11.8 Å². The SMILES string of the molecule is CC1C(=O)NC(=O)CN1C(=O)C1CSCN1. The van der Waals surface area contributed by atoms with E-state index in [0.29, 0.717) is 5.75 Å². The number of hydrogen-bond acceptors (Lipinski definition) is 5. The van der Waals surface area contributed by atoms with Crippen LogP contribution in [0.3, 0.4) is 0 Å². The number of piperazine rings is 1. The minimum absolute atomic E-state index is 0.0331. The summed E-state index contributed by atoms with van der Waals surface area (Å²) in [5.41, 5.74) is 0. The third-order valence-electron chi connectivity index (χ3n) is 2.72. The van der Waals surface area contributed by atoms with Gasteiger partial charge in [0.05, 0.1) is 6.04 Å². The smallest absolute Gasteiger partial charge is 0.249 e. The van der Waals surface area contributed by atoms with Crippen molar-refractivity contribution in [2.45, 2.75) is 19.0 Å². The highest BCUT2D eigenvalue weighted by Gasteiger charge is 2.37. The number of rotatable bonds is 1. The Morgan fingerprint density at radius 2 is 2.25 bits per heavy atom. The Balaban J connectivity index is 2.09. The van der Waals surface area contributed by atoms with Gasteiger partial charge < -0.3 is 4.90 Å². The molecule has 3 amide bonds. The minimum atomic E-state index is -0.572. The zero-order valence-electron chi connectivity index (χ0n) is 8.86. The molecule has 0 spiro atoms. The van der Waals surface area contributed by atoms with Crippen molar-refractivity contribution in [3.8, 4) is 0 Å². The standard InChI is InChI=1S/C9H13N3O3S/c1-5-8(14)11-7(13)2-12(5)9(15)6-3-16-4-10-6/h5-6,10H,2-4H2,1H3,(H,11,13,14). The summed E-state index contributed by atoms with van der Waals surface area (Å²) in [4.78, 5) is 35.9. The Bertz CT molecular complexity index is 341. The molecule has 2 fully saturated rings. The minimum Gasteiger partial charge on any atom is -0.320 e. The summed E-state index contributed by atoms with van der Waals surface area (Å²) in [6.45, 7) is 1.59. The van der Waals surface area contributed by atoms with Crippen molar-refractivity contribution < 1.29 is 14.4 Å². The van der Waals surface area contributed by atoms with E-state index in [1.165, 1.54) is 4.90 Å². The Morgan fingerprint density at radius 3 is 2.88 bits per heavy atom. The van der Waals surface area contributed by atoms with E-state index in [0.717, 1.165) is 5.88 Å². The summed E-state index contributed by atoms with van der Waals surface area (Å²) in [5, 5.41) is 5.24. The quantitative estimate of drug-likeness (QED) is 0.549. The van der Waals surface area contributed by atoms with Gasteiger partial charge in [-0.15, -0.1) is 11.8 Å². The number of thioether (sulfide) groups is 1. The van der Waals surface area contributed by atoms with Crippen molar-refractivity contribution in [1.82, 2.24) is 15.5 Å². The largest absolute Gasteiger partial charge is 0.320 e. The lowest BCUT2D eigenvalue weighted by Gasteiger charge is -2.33. The lowest BCUT2D eigenvalue weighted by Crippen LogP contribution is -2.61. The van der Waals surface area contributed by atoms with Crippen LogP contribution in [0, 0.1) is 0 Å². The fourth-order valence-electron chi connectivity index (χ4n) is 1.74. The van der Waals surface area contributed by atoms with Gasteiger partial charge in [-0.25, -0.2) is 0 Å². The molecule has 6 nitrogen and oxygen atoms in total. The van der Waals surface area contributed by atoms with Gasteiger partial charge in [-0.1, -0.05) is 0 Å². The molecule has 2 heterocycles. The normalized spacial score (nSPS) is 30.4. The number of nitrogens with zero attached hydrogens (tertiary/aromatic N) is 1. The van der Waals surface area contributed by atoms with Gasteiger partial charge in [0.15, 0.2) is 0 Å². The fourth-order valence-corrected chi connectivity index (χ4v) is 2.67. The first-order chi connectivity index (χ1) is 7.59. The van der Waals surface area contributed by atoms with E-state index < -0.39 is 17.9 Å². The molecule has 0 bridgehead atoms. The molecule has 2 atom stereocenters. The molecule has 2 saturated heterocycles. The molecule has 0 aromatic rings. The first-order valence-electron chi connectivity index (χ1n) is 5.05. The van der Waals surface area contributed by atoms with Crippen molar-refractivity contribution in [1.29, 1.82) is 0 Å². The molecule has 0 aromatic carbocycles. The van der Waals surface area contributed by atoms with Crippen LogP contribution in [0.15, 0.2) is 0 Å². The van der Waals surface area contributed by atoms with Crippen molar-refractivity contribution in [2.75, 3.05) is 18.2 Å². The number of carbonyl (C=O) groups excluding carboxylic acids is 3. The Morgan fingerprint density at radius 1 is 1.50 bits per heavy atom. The molecule has 0 radical (unpaired) electrons. The molecule has 0 saturated carbocycles. The molecular formula is C9H13N3O3S. The van der Waals surface area contributed by atoms with Gasteiger partial charge in [0, 0.05) is 11.6 Å². The summed E-state index contributed by atoms with van der Waals surface area (Å²) in [6.07, 6.45) is 0. The second kappa shape index (κ2) is 4.42. The first-order valence-corrected chi connectivity index (χ1v) is 6.20. The predicted molar refractivity (Wildman–Crippen MR) is 58.6 cm³/mol. The van der Waals surface area contributed by atoms with E-state index in [-0.39, 0.29) is 18.5 Å². The Kier molecular flexibility index (Phi) is 3.15. The van der Waals surface area contributed by atoms with Gasteiger partial charge >= 0.3 is 0 Å². The molecule has 2 aliphatic rings. The second-order valence-electron chi connectivity index (χ2n) is 3.83. The average molecular weight is 243 g/mol. The Hall–Kier alpha value is -1.08. The summed E-state index contributed by atoms with van der Waals surface area (Å²) in [6, 6.07) is -0.844. The third-order valence-corrected chi connectivity index (χ3v) is 3.66. The molecule has 0 aromatic heterocycles. The summed E-state index contributed by atoms with van der Waals surface area (Å²) < 4.78 is 0. The van der Waals surface area contributed by atoms with Gasteiger partial charge in [0.1, 0.15) is 12.6 Å². The molecular weight excluding hydrogens is 230 g/mol. The Labute approximate surface area is 97.1 Å². The molecule has 2 unspecified atom stereocenters. The van der Waals surface area contributed by atoms with Crippen molar-refractivity contribution in [2.24, 2.45) is 0 Å². The van der Waals surface area contributed by atoms with Crippen LogP contribution in [0.1, 0.15) is 6.92 Å². The van der Waals surface area contributed by atoms with Gasteiger partial charge in [0.2, 0.25) is 17.7 Å². The topological polar surface area (TPSA) is 78.5 Å². The van der Waals surface area contributed by atoms with Gasteiger partial charge in [-0.2, -0.15) is 0 Å². The molecule has 2 N–H and O–H groups in total. The molecule has 0 aliphatic carbocycles. The molecule has 16 heavy (non-hydrogen) atoms. The monoisotopic (exact) mass is 243 g/mol. The molecule has 88 valence electrons. The van der Waals surface area contributed by atoms with Crippen LogP contribution in [-0.2, 0) is 14.4 Å². The van der Waals surface area contributed by atoms with Crippen molar-refractivity contribution in [3.63, 3.8) is 0 Å². The lowest BCUT2D eigenvalue weighted by atomic mass is 10.1. The van der Waals surface area contributed by atoms with E-state index in [1.54, 1.807) is 18.7 Å². The maximum absolute atomic E-state index is 12.0. The number of amides is 3. The number of hydrogen-bond donors (Lipinski definition) is 2. The number of nitrogens with one attached hydrogen (secondary N) is 2. The lowest BCUT2D eigenvalue weighted by molar-refractivity contribution is -0.150. The highest BCUT2D eigenvalue weighted by atomic mass is 32.2. The van der Waals surface area contributed by atoms with Gasteiger partial charge in [0.25, 0.3) is 0 Å². The molecule has 2 rings (SSSR count). The second-order valence-corrected chi connectivity index (χ2v) is 4.86. The highest BCUT2D eigenvalue weighted by Crippen LogP contribution is 2.14. The van der Waals surface area contributed by atoms with E-state index >= 15 is 0 Å². The van der Waals surface area contributed by atoms with Crippen LogP contribution in [0.2, 0.25) is 0 Å². The van der Waals surface area contributed by atoms with Crippen molar-refractivity contribution >= 4 is 29.5 Å². The predicted octanol–water partition coefficient (Wildman–Crippen LogP) is -1.48. The zero-order chi connectivity index (χ0) is 11.7.